The van der Waals surface area contributed by atoms with Crippen LogP contribution in [0.4, 0.5) is 0 Å². The van der Waals surface area contributed by atoms with Gasteiger partial charge in [0, 0.05) is 11.5 Å². The van der Waals surface area contributed by atoms with Crippen LogP contribution in [0.15, 0.2) is 0 Å². The van der Waals surface area contributed by atoms with Crippen LogP contribution in [-0.4, -0.2) is 11.4 Å². The zero-order valence-electron chi connectivity index (χ0n) is 11.3. The van der Waals surface area contributed by atoms with E-state index in [1.807, 2.05) is 0 Å². The fraction of sp³-hybridized carbons (Fsp3) is 0.929. The molecular weight excluding hydrogens is 198 g/mol. The van der Waals surface area contributed by atoms with E-state index in [1.54, 1.807) is 0 Å². The summed E-state index contributed by atoms with van der Waals surface area (Å²) in [5.74, 6) is 1.43. The Morgan fingerprint density at radius 1 is 1.31 bits per heavy atom. The minimum Gasteiger partial charge on any atom is -0.351 e. The molecule has 94 valence electrons. The van der Waals surface area contributed by atoms with Gasteiger partial charge >= 0.3 is 0 Å². The molecule has 1 atom stereocenters. The molecule has 0 aromatic carbocycles. The van der Waals surface area contributed by atoms with E-state index in [1.165, 1.54) is 19.3 Å². The van der Waals surface area contributed by atoms with E-state index in [0.717, 1.165) is 25.2 Å². The van der Waals surface area contributed by atoms with Crippen LogP contribution < -0.4 is 5.32 Å². The van der Waals surface area contributed by atoms with Gasteiger partial charge in [-0.3, -0.25) is 4.79 Å². The molecule has 16 heavy (non-hydrogen) atoms. The average molecular weight is 225 g/mol. The quantitative estimate of drug-likeness (QED) is 0.736. The van der Waals surface area contributed by atoms with Gasteiger partial charge in [-0.25, -0.2) is 0 Å². The molecule has 1 aliphatic rings. The third-order valence-corrected chi connectivity index (χ3v) is 3.13. The Morgan fingerprint density at radius 2 is 1.94 bits per heavy atom. The molecule has 2 heteroatoms. The highest BCUT2D eigenvalue weighted by Crippen LogP contribution is 2.35. The molecule has 1 aliphatic carbocycles. The van der Waals surface area contributed by atoms with E-state index in [4.69, 9.17) is 0 Å². The Kier molecular flexibility index (Phi) is 4.82. The molecular formula is C14H27NO. The van der Waals surface area contributed by atoms with Crippen molar-refractivity contribution in [1.29, 1.82) is 0 Å². The lowest BCUT2D eigenvalue weighted by atomic mass is 9.94. The van der Waals surface area contributed by atoms with Crippen LogP contribution in [0, 0.1) is 11.8 Å². The maximum atomic E-state index is 12.1. The van der Waals surface area contributed by atoms with Gasteiger partial charge in [0.05, 0.1) is 0 Å². The summed E-state index contributed by atoms with van der Waals surface area (Å²) < 4.78 is 0. The second-order valence-corrected chi connectivity index (χ2v) is 6.25. The fourth-order valence-corrected chi connectivity index (χ4v) is 2.07. The normalized spacial score (nSPS) is 18.2. The zero-order chi connectivity index (χ0) is 12.2. The number of carbonyl (C=O) groups excluding carboxylic acids is 1. The second-order valence-electron chi connectivity index (χ2n) is 6.25. The van der Waals surface area contributed by atoms with Crippen molar-refractivity contribution in [2.75, 3.05) is 0 Å². The molecule has 0 radical (unpaired) electrons. The standard InChI is InChI=1S/C14H27NO/c1-5-6-12(10-9-11-7-8-11)13(16)15-14(2,3)4/h11-12H,5-10H2,1-4H3,(H,15,16). The Labute approximate surface area is 100 Å². The van der Waals surface area contributed by atoms with E-state index in [-0.39, 0.29) is 17.4 Å². The van der Waals surface area contributed by atoms with Crippen LogP contribution >= 0.6 is 0 Å². The lowest BCUT2D eigenvalue weighted by molar-refractivity contribution is -0.127. The van der Waals surface area contributed by atoms with E-state index in [9.17, 15) is 4.79 Å². The van der Waals surface area contributed by atoms with Crippen LogP contribution in [0.3, 0.4) is 0 Å². The number of amides is 1. The lowest BCUT2D eigenvalue weighted by Gasteiger charge is -2.24. The van der Waals surface area contributed by atoms with Crippen LogP contribution in [0.5, 0.6) is 0 Å². The van der Waals surface area contributed by atoms with Crippen molar-refractivity contribution in [3.05, 3.63) is 0 Å². The molecule has 0 aromatic heterocycles. The maximum Gasteiger partial charge on any atom is 0.223 e. The molecule has 1 N–H and O–H groups in total. The summed E-state index contributed by atoms with van der Waals surface area (Å²) in [6.07, 6.45) is 7.25. The monoisotopic (exact) mass is 225 g/mol. The summed E-state index contributed by atoms with van der Waals surface area (Å²) in [5, 5.41) is 3.11. The third-order valence-electron chi connectivity index (χ3n) is 3.13. The largest absolute Gasteiger partial charge is 0.351 e. The van der Waals surface area contributed by atoms with E-state index in [0.29, 0.717) is 0 Å². The summed E-state index contributed by atoms with van der Waals surface area (Å²) in [7, 11) is 0. The number of nitrogens with one attached hydrogen (secondary N) is 1. The van der Waals surface area contributed by atoms with Gasteiger partial charge in [-0.05, 0) is 46.0 Å². The van der Waals surface area contributed by atoms with E-state index >= 15 is 0 Å². The maximum absolute atomic E-state index is 12.1. The first-order valence-electron chi connectivity index (χ1n) is 6.74. The molecule has 1 amide bonds. The van der Waals surface area contributed by atoms with Crippen molar-refractivity contribution in [2.24, 2.45) is 11.8 Å². The molecule has 0 spiro atoms. The van der Waals surface area contributed by atoms with Gasteiger partial charge in [-0.1, -0.05) is 26.2 Å². The van der Waals surface area contributed by atoms with Crippen LogP contribution in [0.2, 0.25) is 0 Å². The molecule has 1 fully saturated rings. The summed E-state index contributed by atoms with van der Waals surface area (Å²) in [5.41, 5.74) is -0.0946. The summed E-state index contributed by atoms with van der Waals surface area (Å²) in [6.45, 7) is 8.31. The summed E-state index contributed by atoms with van der Waals surface area (Å²) in [6, 6.07) is 0. The Bertz CT molecular complexity index is 225. The highest BCUT2D eigenvalue weighted by molar-refractivity contribution is 5.79. The van der Waals surface area contributed by atoms with Gasteiger partial charge in [-0.15, -0.1) is 0 Å². The van der Waals surface area contributed by atoms with Gasteiger partial charge < -0.3 is 5.32 Å². The smallest absolute Gasteiger partial charge is 0.223 e. The topological polar surface area (TPSA) is 29.1 Å². The first-order valence-corrected chi connectivity index (χ1v) is 6.74. The van der Waals surface area contributed by atoms with Crippen LogP contribution in [0.1, 0.15) is 66.2 Å². The fourth-order valence-electron chi connectivity index (χ4n) is 2.07. The minimum absolute atomic E-state index is 0.0946. The van der Waals surface area contributed by atoms with Crippen LogP contribution in [-0.2, 0) is 4.79 Å². The molecule has 0 saturated heterocycles. The summed E-state index contributed by atoms with van der Waals surface area (Å²) in [4.78, 5) is 12.1. The minimum atomic E-state index is -0.0946. The number of hydrogen-bond donors (Lipinski definition) is 1. The molecule has 1 rings (SSSR count). The third kappa shape index (κ3) is 5.53. The Balaban J connectivity index is 2.36. The lowest BCUT2D eigenvalue weighted by Crippen LogP contribution is -2.43. The van der Waals surface area contributed by atoms with Crippen molar-refractivity contribution < 1.29 is 4.79 Å². The van der Waals surface area contributed by atoms with Crippen molar-refractivity contribution >= 4 is 5.91 Å². The second kappa shape index (κ2) is 5.70. The number of rotatable bonds is 6. The SMILES string of the molecule is CCCC(CCC1CC1)C(=O)NC(C)(C)C. The average Bonchev–Trinajstić information content (AvgIpc) is 2.92. The van der Waals surface area contributed by atoms with Gasteiger partial charge in [0.1, 0.15) is 0 Å². The first-order chi connectivity index (χ1) is 7.42. The Morgan fingerprint density at radius 3 is 2.38 bits per heavy atom. The molecule has 0 aliphatic heterocycles. The number of hydrogen-bond acceptors (Lipinski definition) is 1. The molecule has 0 heterocycles. The van der Waals surface area contributed by atoms with Crippen molar-refractivity contribution in [2.45, 2.75) is 71.8 Å². The van der Waals surface area contributed by atoms with Crippen LogP contribution in [0.25, 0.3) is 0 Å². The first kappa shape index (κ1) is 13.5. The highest BCUT2D eigenvalue weighted by atomic mass is 16.2. The summed E-state index contributed by atoms with van der Waals surface area (Å²) >= 11 is 0. The molecule has 1 saturated carbocycles. The van der Waals surface area contributed by atoms with Gasteiger partial charge in [0.15, 0.2) is 0 Å². The van der Waals surface area contributed by atoms with Gasteiger partial charge in [0.25, 0.3) is 0 Å². The van der Waals surface area contributed by atoms with Crippen molar-refractivity contribution in [1.82, 2.24) is 5.32 Å². The van der Waals surface area contributed by atoms with E-state index in [2.05, 4.69) is 33.0 Å². The van der Waals surface area contributed by atoms with Gasteiger partial charge in [0.2, 0.25) is 5.91 Å². The molecule has 1 unspecified atom stereocenters. The Hall–Kier alpha value is -0.530. The molecule has 0 aromatic rings. The number of carbonyl (C=O) groups is 1. The van der Waals surface area contributed by atoms with E-state index < -0.39 is 0 Å². The van der Waals surface area contributed by atoms with Crippen molar-refractivity contribution in [3.8, 4) is 0 Å². The molecule has 2 nitrogen and oxygen atoms in total. The predicted molar refractivity (Wildman–Crippen MR) is 68.3 cm³/mol. The predicted octanol–water partition coefficient (Wildman–Crippen LogP) is 3.51. The van der Waals surface area contributed by atoms with Gasteiger partial charge in [-0.2, -0.15) is 0 Å². The van der Waals surface area contributed by atoms with Crippen molar-refractivity contribution in [3.63, 3.8) is 0 Å². The molecule has 0 bridgehead atoms. The zero-order valence-corrected chi connectivity index (χ0v) is 11.3. The highest BCUT2D eigenvalue weighted by Gasteiger charge is 2.26.